The van der Waals surface area contributed by atoms with Crippen LogP contribution in [-0.4, -0.2) is 9.97 Å². The molecule has 4 aromatic rings. The molecule has 174 valence electrons. The van der Waals surface area contributed by atoms with Gasteiger partial charge in [-0.1, -0.05) is 31.9 Å². The molecule has 1 heterocycles. The zero-order valence-electron chi connectivity index (χ0n) is 18.4. The zero-order valence-corrected chi connectivity index (χ0v) is 18.4. The summed E-state index contributed by atoms with van der Waals surface area (Å²) >= 11 is 0. The van der Waals surface area contributed by atoms with Crippen molar-refractivity contribution in [1.82, 2.24) is 9.97 Å². The molecule has 0 saturated heterocycles. The quantitative estimate of drug-likeness (QED) is 0.203. The van der Waals surface area contributed by atoms with Crippen molar-refractivity contribution in [3.8, 4) is 33.6 Å². The number of halogens is 5. The molecule has 0 radical (unpaired) electrons. The van der Waals surface area contributed by atoms with Crippen molar-refractivity contribution in [3.05, 3.63) is 95.6 Å². The third kappa shape index (κ3) is 4.98. The van der Waals surface area contributed by atoms with Gasteiger partial charge in [0.25, 0.3) is 0 Å². The van der Waals surface area contributed by atoms with E-state index in [2.05, 4.69) is 16.9 Å². The molecule has 3 aromatic carbocycles. The minimum atomic E-state index is -0.870. The third-order valence-corrected chi connectivity index (χ3v) is 5.54. The summed E-state index contributed by atoms with van der Waals surface area (Å²) in [5, 5.41) is 0. The Morgan fingerprint density at radius 3 is 1.71 bits per heavy atom. The Kier molecular flexibility index (Phi) is 7.01. The molecule has 7 heteroatoms. The van der Waals surface area contributed by atoms with Crippen LogP contribution >= 0.6 is 0 Å². The van der Waals surface area contributed by atoms with Gasteiger partial charge in [-0.05, 0) is 60.4 Å². The summed E-state index contributed by atoms with van der Waals surface area (Å²) in [6.45, 7) is 2.05. The lowest BCUT2D eigenvalue weighted by molar-refractivity contribution is 0.583. The molecule has 0 spiro atoms. The van der Waals surface area contributed by atoms with Gasteiger partial charge in [-0.15, -0.1) is 0 Å². The number of nitrogens with zero attached hydrogens (tertiary/aromatic N) is 2. The van der Waals surface area contributed by atoms with Gasteiger partial charge in [-0.25, -0.2) is 31.9 Å². The summed E-state index contributed by atoms with van der Waals surface area (Å²) in [6.07, 6.45) is 5.85. The molecular formula is C27H21F5N2. The normalized spacial score (nSPS) is 11.1. The highest BCUT2D eigenvalue weighted by molar-refractivity contribution is 5.70. The van der Waals surface area contributed by atoms with Crippen molar-refractivity contribution >= 4 is 0 Å². The van der Waals surface area contributed by atoms with Gasteiger partial charge >= 0.3 is 0 Å². The maximum atomic E-state index is 14.7. The zero-order chi connectivity index (χ0) is 24.2. The molecule has 0 fully saturated rings. The van der Waals surface area contributed by atoms with E-state index in [0.29, 0.717) is 12.0 Å². The maximum Gasteiger partial charge on any atom is 0.159 e. The molecule has 1 aromatic heterocycles. The Balaban J connectivity index is 1.61. The average molecular weight is 468 g/mol. The molecule has 0 aliphatic heterocycles. The molecule has 34 heavy (non-hydrogen) atoms. The van der Waals surface area contributed by atoms with Crippen molar-refractivity contribution < 1.29 is 22.0 Å². The van der Waals surface area contributed by atoms with Gasteiger partial charge < -0.3 is 0 Å². The monoisotopic (exact) mass is 468 g/mol. The minimum Gasteiger partial charge on any atom is -0.236 e. The van der Waals surface area contributed by atoms with Crippen LogP contribution in [0.2, 0.25) is 0 Å². The number of aryl methyl sites for hydroxylation is 1. The second-order valence-corrected chi connectivity index (χ2v) is 8.01. The third-order valence-electron chi connectivity index (χ3n) is 5.54. The van der Waals surface area contributed by atoms with Crippen LogP contribution in [0, 0.1) is 29.1 Å². The van der Waals surface area contributed by atoms with E-state index >= 15 is 0 Å². The van der Waals surface area contributed by atoms with Gasteiger partial charge in [0.05, 0.1) is 11.1 Å². The topological polar surface area (TPSA) is 25.8 Å². The first-order valence-corrected chi connectivity index (χ1v) is 10.9. The predicted octanol–water partition coefficient (Wildman–Crippen LogP) is 7.91. The molecule has 2 nitrogen and oxygen atoms in total. The lowest BCUT2D eigenvalue weighted by Crippen LogP contribution is -1.98. The van der Waals surface area contributed by atoms with Gasteiger partial charge in [0, 0.05) is 23.5 Å². The lowest BCUT2D eigenvalue weighted by Gasteiger charge is -2.10. The first kappa shape index (κ1) is 23.5. The van der Waals surface area contributed by atoms with Gasteiger partial charge in [0.15, 0.2) is 5.82 Å². The first-order valence-electron chi connectivity index (χ1n) is 10.9. The van der Waals surface area contributed by atoms with Gasteiger partial charge in [0.1, 0.15) is 29.1 Å². The molecule has 0 amide bonds. The van der Waals surface area contributed by atoms with Gasteiger partial charge in [0.2, 0.25) is 0 Å². The standard InChI is InChI=1S/C27H21F5N2/c1-2-3-4-5-16-10-21(29)26(22(30)11-16)19-14-33-27(34-15-19)18-12-23(31)25(24(32)13-18)17-6-8-20(28)9-7-17/h6-15H,2-5H2,1H3. The van der Waals surface area contributed by atoms with Crippen molar-refractivity contribution in [2.45, 2.75) is 32.6 Å². The van der Waals surface area contributed by atoms with E-state index in [1.54, 1.807) is 0 Å². The summed E-state index contributed by atoms with van der Waals surface area (Å²) in [5.41, 5.74) is 0.376. The van der Waals surface area contributed by atoms with E-state index in [1.807, 2.05) is 0 Å². The fraction of sp³-hybridized carbons (Fsp3) is 0.185. The van der Waals surface area contributed by atoms with Crippen LogP contribution < -0.4 is 0 Å². The second kappa shape index (κ2) is 10.1. The van der Waals surface area contributed by atoms with Crippen molar-refractivity contribution in [3.63, 3.8) is 0 Å². The van der Waals surface area contributed by atoms with Crippen molar-refractivity contribution in [1.29, 1.82) is 0 Å². The van der Waals surface area contributed by atoms with Gasteiger partial charge in [-0.3, -0.25) is 0 Å². The number of hydrogen-bond donors (Lipinski definition) is 0. The molecule has 0 aliphatic rings. The van der Waals surface area contributed by atoms with E-state index in [4.69, 9.17) is 0 Å². The highest BCUT2D eigenvalue weighted by Crippen LogP contribution is 2.31. The smallest absolute Gasteiger partial charge is 0.159 e. The molecule has 4 rings (SSSR count). The number of hydrogen-bond acceptors (Lipinski definition) is 2. The SMILES string of the molecule is CCCCCc1cc(F)c(-c2cnc(-c3cc(F)c(-c4ccc(F)cc4)c(F)c3)nc2)c(F)c1. The Morgan fingerprint density at radius 1 is 0.618 bits per heavy atom. The van der Waals surface area contributed by atoms with Gasteiger partial charge in [-0.2, -0.15) is 0 Å². The van der Waals surface area contributed by atoms with E-state index in [9.17, 15) is 22.0 Å². The van der Waals surface area contributed by atoms with Crippen LogP contribution in [0.5, 0.6) is 0 Å². The lowest BCUT2D eigenvalue weighted by atomic mass is 10.0. The largest absolute Gasteiger partial charge is 0.236 e. The summed E-state index contributed by atoms with van der Waals surface area (Å²) in [6, 6.07) is 9.51. The Morgan fingerprint density at radius 2 is 1.15 bits per heavy atom. The molecule has 0 bridgehead atoms. The Bertz CT molecular complexity index is 1260. The maximum absolute atomic E-state index is 14.7. The summed E-state index contributed by atoms with van der Waals surface area (Å²) in [5.74, 6) is -3.71. The average Bonchev–Trinajstić information content (AvgIpc) is 2.80. The van der Waals surface area contributed by atoms with Crippen molar-refractivity contribution in [2.24, 2.45) is 0 Å². The van der Waals surface area contributed by atoms with Crippen LogP contribution in [0.25, 0.3) is 33.6 Å². The fourth-order valence-electron chi connectivity index (χ4n) is 3.83. The van der Waals surface area contributed by atoms with Crippen molar-refractivity contribution in [2.75, 3.05) is 0 Å². The fourth-order valence-corrected chi connectivity index (χ4v) is 3.83. The summed E-state index contributed by atoms with van der Waals surface area (Å²) < 4.78 is 71.8. The van der Waals surface area contributed by atoms with Crippen LogP contribution in [0.1, 0.15) is 31.7 Å². The van der Waals surface area contributed by atoms with Crippen LogP contribution in [0.3, 0.4) is 0 Å². The van der Waals surface area contributed by atoms with Crippen LogP contribution in [0.4, 0.5) is 22.0 Å². The van der Waals surface area contributed by atoms with E-state index < -0.39 is 29.1 Å². The predicted molar refractivity (Wildman–Crippen MR) is 121 cm³/mol. The number of aromatic nitrogens is 2. The number of rotatable bonds is 7. The molecule has 0 saturated carbocycles. The summed E-state index contributed by atoms with van der Waals surface area (Å²) in [4.78, 5) is 8.12. The Hall–Kier alpha value is -3.61. The van der Waals surface area contributed by atoms with Crippen LogP contribution in [-0.2, 0) is 6.42 Å². The van der Waals surface area contributed by atoms with Crippen LogP contribution in [0.15, 0.2) is 60.9 Å². The minimum absolute atomic E-state index is 0.00999. The first-order chi connectivity index (χ1) is 16.4. The van der Waals surface area contributed by atoms with E-state index in [1.165, 1.54) is 36.7 Å². The van der Waals surface area contributed by atoms with E-state index in [0.717, 1.165) is 43.5 Å². The second-order valence-electron chi connectivity index (χ2n) is 8.01. The Labute approximate surface area is 194 Å². The molecule has 0 N–H and O–H groups in total. The molecular weight excluding hydrogens is 447 g/mol. The molecule has 0 unspecified atom stereocenters. The molecule has 0 atom stereocenters. The highest BCUT2D eigenvalue weighted by atomic mass is 19.1. The molecule has 0 aliphatic carbocycles. The number of unbranched alkanes of at least 4 members (excludes halogenated alkanes) is 2. The summed E-state index contributed by atoms with van der Waals surface area (Å²) in [7, 11) is 0. The number of benzene rings is 3. The van der Waals surface area contributed by atoms with E-state index in [-0.39, 0.29) is 33.6 Å². The highest BCUT2D eigenvalue weighted by Gasteiger charge is 2.17.